The van der Waals surface area contributed by atoms with Gasteiger partial charge in [0, 0.05) is 25.0 Å². The number of likely N-dealkylation sites (N-methyl/N-ethyl adjacent to an activating group) is 1. The molecule has 0 aliphatic heterocycles. The highest BCUT2D eigenvalue weighted by molar-refractivity contribution is 6.11. The monoisotopic (exact) mass is 365 g/mol. The second-order valence-electron chi connectivity index (χ2n) is 7.04. The fourth-order valence-electron chi connectivity index (χ4n) is 3.11. The molecule has 1 aromatic carbocycles. The van der Waals surface area contributed by atoms with Gasteiger partial charge in [-0.3, -0.25) is 4.79 Å². The van der Waals surface area contributed by atoms with Gasteiger partial charge in [-0.05, 0) is 49.6 Å². The highest BCUT2D eigenvalue weighted by atomic mass is 16.5. The third-order valence-corrected chi connectivity index (χ3v) is 4.56. The maximum atomic E-state index is 12.9. The molecule has 2 rings (SSSR count). The summed E-state index contributed by atoms with van der Waals surface area (Å²) in [5, 5.41) is 9.59. The van der Waals surface area contributed by atoms with Gasteiger partial charge in [0.15, 0.2) is 0 Å². The van der Waals surface area contributed by atoms with Crippen molar-refractivity contribution in [2.45, 2.75) is 34.2 Å². The number of para-hydroxylation sites is 2. The Kier molecular flexibility index (Phi) is 6.46. The number of methoxy groups -OCH3 is 1. The van der Waals surface area contributed by atoms with Crippen LogP contribution in [0.15, 0.2) is 35.9 Å². The summed E-state index contributed by atoms with van der Waals surface area (Å²) in [5.41, 5.74) is 3.79. The van der Waals surface area contributed by atoms with Crippen molar-refractivity contribution in [3.63, 3.8) is 0 Å². The molecule has 0 N–H and O–H groups in total. The Bertz CT molecular complexity index is 901. The van der Waals surface area contributed by atoms with Crippen LogP contribution < -0.4 is 9.64 Å². The fraction of sp³-hybridized carbons (Fsp3) is 0.364. The van der Waals surface area contributed by atoms with E-state index in [2.05, 4.69) is 24.5 Å². The van der Waals surface area contributed by atoms with Gasteiger partial charge >= 0.3 is 0 Å². The van der Waals surface area contributed by atoms with Gasteiger partial charge < -0.3 is 14.2 Å². The minimum atomic E-state index is -0.365. The molecule has 142 valence electrons. The van der Waals surface area contributed by atoms with Gasteiger partial charge in [-0.25, -0.2) is 0 Å². The Morgan fingerprint density at radius 3 is 2.59 bits per heavy atom. The number of hydrogen-bond acceptors (Lipinski definition) is 3. The smallest absolute Gasteiger partial charge is 0.268 e. The molecule has 2 aromatic rings. The number of hydrogen-bond donors (Lipinski definition) is 0. The van der Waals surface area contributed by atoms with Crippen LogP contribution in [0.5, 0.6) is 5.75 Å². The molecule has 0 unspecified atom stereocenters. The predicted octanol–water partition coefficient (Wildman–Crippen LogP) is 4.34. The van der Waals surface area contributed by atoms with E-state index in [1.807, 2.05) is 32.0 Å². The van der Waals surface area contributed by atoms with Crippen molar-refractivity contribution in [1.82, 2.24) is 4.57 Å². The number of carbonyl (C=O) groups excluding carboxylic acids is 1. The van der Waals surface area contributed by atoms with Gasteiger partial charge in [0.2, 0.25) is 0 Å². The SMILES string of the molecule is COc1ccccc1N(C)C(=O)/C(C#N)=C\c1cc(C)n(CC(C)C)c1C. The van der Waals surface area contributed by atoms with Gasteiger partial charge in [-0.15, -0.1) is 0 Å². The highest BCUT2D eigenvalue weighted by Gasteiger charge is 2.20. The van der Waals surface area contributed by atoms with Crippen LogP contribution in [0.2, 0.25) is 0 Å². The minimum absolute atomic E-state index is 0.0909. The fourth-order valence-corrected chi connectivity index (χ4v) is 3.11. The third-order valence-electron chi connectivity index (χ3n) is 4.56. The Morgan fingerprint density at radius 2 is 2.00 bits per heavy atom. The summed E-state index contributed by atoms with van der Waals surface area (Å²) in [6, 6.07) is 11.3. The molecule has 0 fully saturated rings. The highest BCUT2D eigenvalue weighted by Crippen LogP contribution is 2.28. The minimum Gasteiger partial charge on any atom is -0.495 e. The first kappa shape index (κ1) is 20.3. The van der Waals surface area contributed by atoms with Crippen LogP contribution in [0, 0.1) is 31.1 Å². The van der Waals surface area contributed by atoms with Crippen LogP contribution in [-0.4, -0.2) is 24.6 Å². The molecule has 0 bridgehead atoms. The van der Waals surface area contributed by atoms with Crippen molar-refractivity contribution < 1.29 is 9.53 Å². The molecule has 1 amide bonds. The average Bonchev–Trinajstić information content (AvgIpc) is 2.91. The lowest BCUT2D eigenvalue weighted by Crippen LogP contribution is -2.27. The van der Waals surface area contributed by atoms with Gasteiger partial charge in [0.1, 0.15) is 17.4 Å². The molecule has 5 heteroatoms. The van der Waals surface area contributed by atoms with Gasteiger partial charge in [0.25, 0.3) is 5.91 Å². The number of nitrogens with zero attached hydrogens (tertiary/aromatic N) is 3. The van der Waals surface area contributed by atoms with E-state index >= 15 is 0 Å². The number of benzene rings is 1. The quantitative estimate of drug-likeness (QED) is 0.565. The molecule has 1 heterocycles. The predicted molar refractivity (Wildman–Crippen MR) is 109 cm³/mol. The molecule has 0 aliphatic rings. The van der Waals surface area contributed by atoms with Crippen molar-refractivity contribution >= 4 is 17.7 Å². The lowest BCUT2D eigenvalue weighted by atomic mass is 10.1. The zero-order valence-electron chi connectivity index (χ0n) is 16.9. The number of nitriles is 1. The number of anilines is 1. The molecule has 0 saturated heterocycles. The van der Waals surface area contributed by atoms with Crippen molar-refractivity contribution in [3.8, 4) is 11.8 Å². The summed E-state index contributed by atoms with van der Waals surface area (Å²) in [5.74, 6) is 0.733. The second-order valence-corrected chi connectivity index (χ2v) is 7.04. The molecule has 0 saturated carbocycles. The van der Waals surface area contributed by atoms with Gasteiger partial charge in [-0.1, -0.05) is 26.0 Å². The topological polar surface area (TPSA) is 58.3 Å². The summed E-state index contributed by atoms with van der Waals surface area (Å²) in [4.78, 5) is 14.3. The zero-order chi connectivity index (χ0) is 20.1. The lowest BCUT2D eigenvalue weighted by molar-refractivity contribution is -0.114. The van der Waals surface area contributed by atoms with E-state index in [-0.39, 0.29) is 11.5 Å². The lowest BCUT2D eigenvalue weighted by Gasteiger charge is -2.19. The van der Waals surface area contributed by atoms with E-state index in [4.69, 9.17) is 4.74 Å². The largest absolute Gasteiger partial charge is 0.495 e. The maximum Gasteiger partial charge on any atom is 0.268 e. The van der Waals surface area contributed by atoms with Crippen molar-refractivity contribution in [1.29, 1.82) is 5.26 Å². The van der Waals surface area contributed by atoms with Crippen molar-refractivity contribution in [2.75, 3.05) is 19.1 Å². The van der Waals surface area contributed by atoms with Crippen LogP contribution in [0.25, 0.3) is 6.08 Å². The van der Waals surface area contributed by atoms with Crippen LogP contribution in [0.4, 0.5) is 5.69 Å². The Balaban J connectivity index is 2.39. The maximum absolute atomic E-state index is 12.9. The number of amides is 1. The summed E-state index contributed by atoms with van der Waals surface area (Å²) in [6.45, 7) is 9.30. The van der Waals surface area contributed by atoms with Crippen LogP contribution >= 0.6 is 0 Å². The number of aromatic nitrogens is 1. The number of aryl methyl sites for hydroxylation is 1. The summed E-state index contributed by atoms with van der Waals surface area (Å²) >= 11 is 0. The van der Waals surface area contributed by atoms with E-state index in [0.29, 0.717) is 17.4 Å². The van der Waals surface area contributed by atoms with E-state index in [0.717, 1.165) is 23.5 Å². The molecule has 5 nitrogen and oxygen atoms in total. The van der Waals surface area contributed by atoms with E-state index in [1.54, 1.807) is 32.4 Å². The first-order valence-corrected chi connectivity index (χ1v) is 8.99. The molecule has 27 heavy (non-hydrogen) atoms. The van der Waals surface area contributed by atoms with E-state index in [1.165, 1.54) is 4.90 Å². The van der Waals surface area contributed by atoms with E-state index < -0.39 is 0 Å². The second kappa shape index (κ2) is 8.59. The first-order chi connectivity index (χ1) is 12.8. The molecule has 0 radical (unpaired) electrons. The average molecular weight is 365 g/mol. The summed E-state index contributed by atoms with van der Waals surface area (Å²) in [7, 11) is 3.20. The number of ether oxygens (including phenoxy) is 1. The normalized spacial score (nSPS) is 11.4. The van der Waals surface area contributed by atoms with Gasteiger partial charge in [-0.2, -0.15) is 5.26 Å². The first-order valence-electron chi connectivity index (χ1n) is 8.99. The van der Waals surface area contributed by atoms with Gasteiger partial charge in [0.05, 0.1) is 12.8 Å². The Labute approximate surface area is 161 Å². The zero-order valence-corrected chi connectivity index (χ0v) is 16.9. The number of rotatable bonds is 6. The number of carbonyl (C=O) groups is 1. The Morgan fingerprint density at radius 1 is 1.33 bits per heavy atom. The summed E-state index contributed by atoms with van der Waals surface area (Å²) in [6.07, 6.45) is 1.67. The van der Waals surface area contributed by atoms with E-state index in [9.17, 15) is 10.1 Å². The molecular formula is C22H27N3O2. The van der Waals surface area contributed by atoms with Crippen LogP contribution in [0.3, 0.4) is 0 Å². The van der Waals surface area contributed by atoms with Crippen molar-refractivity contribution in [3.05, 3.63) is 52.9 Å². The molecular weight excluding hydrogens is 338 g/mol. The molecule has 0 atom stereocenters. The molecule has 0 spiro atoms. The molecule has 0 aliphatic carbocycles. The van der Waals surface area contributed by atoms with Crippen molar-refractivity contribution in [2.24, 2.45) is 5.92 Å². The summed E-state index contributed by atoms with van der Waals surface area (Å²) < 4.78 is 7.55. The van der Waals surface area contributed by atoms with Crippen LogP contribution in [0.1, 0.15) is 30.8 Å². The third kappa shape index (κ3) is 4.40. The van der Waals surface area contributed by atoms with Crippen LogP contribution in [-0.2, 0) is 11.3 Å². The standard InChI is InChI=1S/C22H27N3O2/c1-15(2)14-25-16(3)11-18(17(25)4)12-19(13-23)22(26)24(5)20-9-7-8-10-21(20)27-6/h7-12,15H,14H2,1-6H3/b19-12-. The molecule has 1 aromatic heterocycles. The Hall–Kier alpha value is -3.00.